The van der Waals surface area contributed by atoms with Crippen molar-refractivity contribution in [1.29, 1.82) is 0 Å². The van der Waals surface area contributed by atoms with Gasteiger partial charge in [0.2, 0.25) is 5.91 Å². The van der Waals surface area contributed by atoms with Crippen molar-refractivity contribution in [3.8, 4) is 0 Å². The molecule has 1 aliphatic rings. The number of aryl methyl sites for hydroxylation is 1. The van der Waals surface area contributed by atoms with Crippen LogP contribution in [0.2, 0.25) is 0 Å². The first-order valence-corrected chi connectivity index (χ1v) is 6.64. The average Bonchev–Trinajstić information content (AvgIpc) is 2.74. The van der Waals surface area contributed by atoms with Crippen LogP contribution in [0.5, 0.6) is 0 Å². The van der Waals surface area contributed by atoms with Crippen LogP contribution in [0, 0.1) is 6.92 Å². The Morgan fingerprint density at radius 2 is 2.00 bits per heavy atom. The van der Waals surface area contributed by atoms with Gasteiger partial charge in [0, 0.05) is 31.8 Å². The van der Waals surface area contributed by atoms with E-state index < -0.39 is 0 Å². The van der Waals surface area contributed by atoms with Crippen LogP contribution in [-0.2, 0) is 11.2 Å². The number of H-pyrrole nitrogens is 1. The summed E-state index contributed by atoms with van der Waals surface area (Å²) in [5.41, 5.74) is 2.56. The molecule has 0 saturated heterocycles. The molecular formula is C14H19N3O3. The molecule has 6 heteroatoms. The third-order valence-electron chi connectivity index (χ3n) is 3.56. The van der Waals surface area contributed by atoms with E-state index in [4.69, 9.17) is 0 Å². The number of amides is 2. The summed E-state index contributed by atoms with van der Waals surface area (Å²) in [5, 5.41) is 2.57. The second-order valence-electron chi connectivity index (χ2n) is 5.23. The fourth-order valence-electron chi connectivity index (χ4n) is 2.40. The molecule has 1 aliphatic carbocycles. The summed E-state index contributed by atoms with van der Waals surface area (Å²) in [7, 11) is 3.26. The number of rotatable bonds is 3. The summed E-state index contributed by atoms with van der Waals surface area (Å²) < 4.78 is 0. The second-order valence-corrected chi connectivity index (χ2v) is 5.23. The Bertz CT molecular complexity index is 572. The topological polar surface area (TPSA) is 82.3 Å². The quantitative estimate of drug-likeness (QED) is 0.851. The van der Waals surface area contributed by atoms with Crippen LogP contribution in [0.1, 0.15) is 44.9 Å². The predicted molar refractivity (Wildman–Crippen MR) is 73.8 cm³/mol. The number of fused-ring (bicyclic) bond motifs is 1. The number of nitrogens with one attached hydrogen (secondary N) is 2. The Balaban J connectivity index is 2.15. The number of aromatic amines is 1. The van der Waals surface area contributed by atoms with Crippen molar-refractivity contribution >= 4 is 17.6 Å². The van der Waals surface area contributed by atoms with Crippen LogP contribution in [0.25, 0.3) is 0 Å². The molecular weight excluding hydrogens is 258 g/mol. The molecule has 1 aromatic heterocycles. The SMILES string of the molecule is Cc1c(C(=O)NCC(=O)N(C)C)[nH]c2c1C(=O)CCC2. The first-order valence-electron chi connectivity index (χ1n) is 6.64. The number of hydrogen-bond acceptors (Lipinski definition) is 3. The largest absolute Gasteiger partial charge is 0.354 e. The van der Waals surface area contributed by atoms with Crippen molar-refractivity contribution in [2.45, 2.75) is 26.2 Å². The van der Waals surface area contributed by atoms with Crippen molar-refractivity contribution in [3.63, 3.8) is 0 Å². The summed E-state index contributed by atoms with van der Waals surface area (Å²) in [5.74, 6) is -0.438. The average molecular weight is 277 g/mol. The highest BCUT2D eigenvalue weighted by atomic mass is 16.2. The third-order valence-corrected chi connectivity index (χ3v) is 3.56. The van der Waals surface area contributed by atoms with E-state index in [1.54, 1.807) is 21.0 Å². The molecule has 0 bridgehead atoms. The van der Waals surface area contributed by atoms with Crippen LogP contribution in [0.3, 0.4) is 0 Å². The van der Waals surface area contributed by atoms with E-state index in [2.05, 4.69) is 10.3 Å². The number of hydrogen-bond donors (Lipinski definition) is 2. The van der Waals surface area contributed by atoms with Gasteiger partial charge in [0.15, 0.2) is 5.78 Å². The highest BCUT2D eigenvalue weighted by Gasteiger charge is 2.26. The lowest BCUT2D eigenvalue weighted by atomic mass is 9.94. The van der Waals surface area contributed by atoms with Gasteiger partial charge >= 0.3 is 0 Å². The molecule has 0 aliphatic heterocycles. The van der Waals surface area contributed by atoms with Crippen LogP contribution < -0.4 is 5.32 Å². The van der Waals surface area contributed by atoms with Crippen LogP contribution in [0.4, 0.5) is 0 Å². The minimum absolute atomic E-state index is 0.0527. The van der Waals surface area contributed by atoms with E-state index in [9.17, 15) is 14.4 Å². The zero-order chi connectivity index (χ0) is 14.9. The zero-order valence-corrected chi connectivity index (χ0v) is 12.0. The van der Waals surface area contributed by atoms with Gasteiger partial charge in [0.05, 0.1) is 6.54 Å². The lowest BCUT2D eigenvalue weighted by Crippen LogP contribution is -2.36. The molecule has 2 amide bonds. The van der Waals surface area contributed by atoms with Crippen molar-refractivity contribution in [3.05, 3.63) is 22.5 Å². The summed E-state index contributed by atoms with van der Waals surface area (Å²) >= 11 is 0. The lowest BCUT2D eigenvalue weighted by molar-refractivity contribution is -0.127. The Morgan fingerprint density at radius 3 is 2.60 bits per heavy atom. The predicted octanol–water partition coefficient (Wildman–Crippen LogP) is 0.660. The van der Waals surface area contributed by atoms with Gasteiger partial charge in [-0.25, -0.2) is 0 Å². The fourth-order valence-corrected chi connectivity index (χ4v) is 2.40. The molecule has 108 valence electrons. The molecule has 1 aromatic rings. The maximum absolute atomic E-state index is 12.1. The van der Waals surface area contributed by atoms with Crippen LogP contribution in [-0.4, -0.2) is 48.1 Å². The number of ketones is 1. The summed E-state index contributed by atoms with van der Waals surface area (Å²) in [6.07, 6.45) is 2.13. The molecule has 0 aromatic carbocycles. The number of likely N-dealkylation sites (N-methyl/N-ethyl adjacent to an activating group) is 1. The minimum Gasteiger partial charge on any atom is -0.354 e. The number of nitrogens with zero attached hydrogens (tertiary/aromatic N) is 1. The maximum Gasteiger partial charge on any atom is 0.268 e. The summed E-state index contributed by atoms with van der Waals surface area (Å²) in [6, 6.07) is 0. The first kappa shape index (κ1) is 14.3. The third kappa shape index (κ3) is 2.59. The van der Waals surface area contributed by atoms with Gasteiger partial charge in [-0.15, -0.1) is 0 Å². The van der Waals surface area contributed by atoms with E-state index in [0.29, 0.717) is 23.2 Å². The molecule has 2 N–H and O–H groups in total. The van der Waals surface area contributed by atoms with Crippen LogP contribution >= 0.6 is 0 Å². The monoisotopic (exact) mass is 277 g/mol. The summed E-state index contributed by atoms with van der Waals surface area (Å²) in [4.78, 5) is 39.9. The Morgan fingerprint density at radius 1 is 1.30 bits per heavy atom. The molecule has 0 spiro atoms. The van der Waals surface area contributed by atoms with Gasteiger partial charge in [-0.2, -0.15) is 0 Å². The highest BCUT2D eigenvalue weighted by molar-refractivity contribution is 6.04. The fraction of sp³-hybridized carbons (Fsp3) is 0.500. The number of aromatic nitrogens is 1. The molecule has 2 rings (SSSR count). The standard InChI is InChI=1S/C14H19N3O3/c1-8-12-9(5-4-6-10(12)18)16-13(8)14(20)15-7-11(19)17(2)3/h16H,4-7H2,1-3H3,(H,15,20). The van der Waals surface area contributed by atoms with Gasteiger partial charge in [0.1, 0.15) is 5.69 Å². The van der Waals surface area contributed by atoms with E-state index in [1.165, 1.54) is 4.90 Å². The van der Waals surface area contributed by atoms with E-state index in [-0.39, 0.29) is 24.1 Å². The van der Waals surface area contributed by atoms with Crippen molar-refractivity contribution in [1.82, 2.24) is 15.2 Å². The van der Waals surface area contributed by atoms with Gasteiger partial charge in [-0.1, -0.05) is 0 Å². The molecule has 6 nitrogen and oxygen atoms in total. The number of Topliss-reactive ketones (excluding diaryl/α,β-unsaturated/α-hetero) is 1. The first-order chi connectivity index (χ1) is 9.41. The second kappa shape index (κ2) is 5.48. The summed E-state index contributed by atoms with van der Waals surface area (Å²) in [6.45, 7) is 1.71. The van der Waals surface area contributed by atoms with Crippen LogP contribution in [0.15, 0.2) is 0 Å². The lowest BCUT2D eigenvalue weighted by Gasteiger charge is -2.10. The normalized spacial score (nSPS) is 13.8. The van der Waals surface area contributed by atoms with Gasteiger partial charge in [0.25, 0.3) is 5.91 Å². The van der Waals surface area contributed by atoms with Crippen molar-refractivity contribution in [2.75, 3.05) is 20.6 Å². The van der Waals surface area contributed by atoms with Crippen molar-refractivity contribution < 1.29 is 14.4 Å². The molecule has 20 heavy (non-hydrogen) atoms. The molecule has 1 heterocycles. The van der Waals surface area contributed by atoms with E-state index >= 15 is 0 Å². The molecule has 0 saturated carbocycles. The van der Waals surface area contributed by atoms with Gasteiger partial charge in [-0.3, -0.25) is 14.4 Å². The van der Waals surface area contributed by atoms with E-state index in [0.717, 1.165) is 18.5 Å². The van der Waals surface area contributed by atoms with Gasteiger partial charge in [-0.05, 0) is 25.3 Å². The van der Waals surface area contributed by atoms with Gasteiger partial charge < -0.3 is 15.2 Å². The Labute approximate surface area is 117 Å². The maximum atomic E-state index is 12.1. The highest BCUT2D eigenvalue weighted by Crippen LogP contribution is 2.26. The Kier molecular flexibility index (Phi) is 3.92. The molecule has 0 fully saturated rings. The minimum atomic E-state index is -0.347. The number of carbonyl (C=O) groups excluding carboxylic acids is 3. The zero-order valence-electron chi connectivity index (χ0n) is 12.0. The number of carbonyl (C=O) groups is 3. The molecule has 0 unspecified atom stereocenters. The van der Waals surface area contributed by atoms with E-state index in [1.807, 2.05) is 0 Å². The molecule has 0 radical (unpaired) electrons. The Hall–Kier alpha value is -2.11. The smallest absolute Gasteiger partial charge is 0.268 e. The molecule has 0 atom stereocenters. The van der Waals surface area contributed by atoms with Crippen molar-refractivity contribution in [2.24, 2.45) is 0 Å².